The Labute approximate surface area is 106 Å². The summed E-state index contributed by atoms with van der Waals surface area (Å²) in [7, 11) is 0. The van der Waals surface area contributed by atoms with Gasteiger partial charge in [-0.3, -0.25) is 4.79 Å². The van der Waals surface area contributed by atoms with E-state index in [4.69, 9.17) is 5.11 Å². The highest BCUT2D eigenvalue weighted by atomic mass is 16.4. The molecular formula is C13H18N2O3. The molecule has 0 bridgehead atoms. The number of anilines is 1. The van der Waals surface area contributed by atoms with Crippen molar-refractivity contribution in [1.29, 1.82) is 0 Å². The second-order valence-corrected chi connectivity index (χ2v) is 4.00. The van der Waals surface area contributed by atoms with Gasteiger partial charge in [-0.2, -0.15) is 0 Å². The zero-order chi connectivity index (χ0) is 13.4. The predicted octanol–water partition coefficient (Wildman–Crippen LogP) is 2.45. The van der Waals surface area contributed by atoms with Crippen LogP contribution in [0.5, 0.6) is 0 Å². The number of hydrogen-bond donors (Lipinski definition) is 3. The van der Waals surface area contributed by atoms with Crippen LogP contribution in [0.3, 0.4) is 0 Å². The average molecular weight is 250 g/mol. The molecule has 1 aromatic rings. The molecule has 98 valence electrons. The number of rotatable bonds is 6. The normalized spacial score (nSPS) is 11.6. The lowest BCUT2D eigenvalue weighted by molar-refractivity contribution is -0.118. The molecule has 3 N–H and O–H groups in total. The summed E-state index contributed by atoms with van der Waals surface area (Å²) >= 11 is 0. The molecule has 0 aliphatic rings. The quantitative estimate of drug-likeness (QED) is 0.725. The van der Waals surface area contributed by atoms with Crippen LogP contribution in [0.2, 0.25) is 0 Å². The highest BCUT2D eigenvalue weighted by Crippen LogP contribution is 2.08. The topological polar surface area (TPSA) is 78.4 Å². The third-order valence-electron chi connectivity index (χ3n) is 2.50. The Morgan fingerprint density at radius 2 is 1.94 bits per heavy atom. The lowest BCUT2D eigenvalue weighted by atomic mass is 10.1. The first-order chi connectivity index (χ1) is 8.63. The summed E-state index contributed by atoms with van der Waals surface area (Å²) < 4.78 is 0. The van der Waals surface area contributed by atoms with Crippen LogP contribution < -0.4 is 10.6 Å². The third-order valence-corrected chi connectivity index (χ3v) is 2.50. The smallest absolute Gasteiger partial charge is 0.405 e. The van der Waals surface area contributed by atoms with Gasteiger partial charge >= 0.3 is 6.09 Å². The highest BCUT2D eigenvalue weighted by molar-refractivity contribution is 5.96. The fraction of sp³-hybridized carbons (Fsp3) is 0.385. The van der Waals surface area contributed by atoms with Crippen molar-refractivity contribution in [3.63, 3.8) is 0 Å². The van der Waals surface area contributed by atoms with Gasteiger partial charge in [0.05, 0.1) is 0 Å². The first kappa shape index (κ1) is 14.0. The maximum atomic E-state index is 11.9. The van der Waals surface area contributed by atoms with Crippen LogP contribution in [0.4, 0.5) is 10.5 Å². The standard InChI is InChI=1S/C13H18N2O3/c1-2-3-9-11(15-13(17)18)12(16)14-10-7-5-4-6-8-10/h4-8,11,15H,2-3,9H2,1H3,(H,14,16)(H,17,18)/t11-/m0/s1. The first-order valence-corrected chi connectivity index (χ1v) is 5.99. The lowest BCUT2D eigenvalue weighted by Gasteiger charge is -2.16. The van der Waals surface area contributed by atoms with Crippen LogP contribution in [0.25, 0.3) is 0 Å². The van der Waals surface area contributed by atoms with Gasteiger partial charge in [-0.25, -0.2) is 4.79 Å². The van der Waals surface area contributed by atoms with Gasteiger partial charge < -0.3 is 15.7 Å². The molecule has 2 amide bonds. The van der Waals surface area contributed by atoms with Gasteiger partial charge in [0, 0.05) is 5.69 Å². The van der Waals surface area contributed by atoms with Crippen molar-refractivity contribution >= 4 is 17.7 Å². The molecule has 1 rings (SSSR count). The van der Waals surface area contributed by atoms with Gasteiger partial charge in [0.25, 0.3) is 0 Å². The van der Waals surface area contributed by atoms with Crippen molar-refractivity contribution in [2.75, 3.05) is 5.32 Å². The van der Waals surface area contributed by atoms with Gasteiger partial charge in [0.2, 0.25) is 5.91 Å². The lowest BCUT2D eigenvalue weighted by Crippen LogP contribution is -2.43. The van der Waals surface area contributed by atoms with Gasteiger partial charge in [-0.1, -0.05) is 38.0 Å². The summed E-state index contributed by atoms with van der Waals surface area (Å²) in [4.78, 5) is 22.6. The molecule has 0 aliphatic heterocycles. The molecule has 5 heteroatoms. The van der Waals surface area contributed by atoms with Crippen molar-refractivity contribution in [2.45, 2.75) is 32.2 Å². The van der Waals surface area contributed by atoms with E-state index in [0.29, 0.717) is 12.1 Å². The molecule has 0 aromatic heterocycles. The number of hydrogen-bond acceptors (Lipinski definition) is 2. The Hall–Kier alpha value is -2.04. The maximum absolute atomic E-state index is 11.9. The highest BCUT2D eigenvalue weighted by Gasteiger charge is 2.19. The van der Waals surface area contributed by atoms with Crippen molar-refractivity contribution in [1.82, 2.24) is 5.32 Å². The Bertz CT molecular complexity index is 392. The fourth-order valence-corrected chi connectivity index (χ4v) is 1.58. The van der Waals surface area contributed by atoms with E-state index in [1.807, 2.05) is 13.0 Å². The molecule has 0 heterocycles. The van der Waals surface area contributed by atoms with Gasteiger partial charge in [-0.15, -0.1) is 0 Å². The second kappa shape index (κ2) is 7.32. The van der Waals surface area contributed by atoms with E-state index >= 15 is 0 Å². The predicted molar refractivity (Wildman–Crippen MR) is 69.5 cm³/mol. The molecule has 0 saturated heterocycles. The van der Waals surface area contributed by atoms with Crippen molar-refractivity contribution in [3.8, 4) is 0 Å². The molecule has 0 aliphatic carbocycles. The summed E-state index contributed by atoms with van der Waals surface area (Å²) in [5.41, 5.74) is 0.663. The van der Waals surface area contributed by atoms with Gasteiger partial charge in [0.15, 0.2) is 0 Å². The number of benzene rings is 1. The molecule has 0 unspecified atom stereocenters. The molecule has 18 heavy (non-hydrogen) atoms. The Morgan fingerprint density at radius 3 is 2.50 bits per heavy atom. The number of carbonyl (C=O) groups is 2. The van der Waals surface area contributed by atoms with E-state index in [9.17, 15) is 9.59 Å². The number of nitrogens with one attached hydrogen (secondary N) is 2. The number of unbranched alkanes of at least 4 members (excludes halogenated alkanes) is 1. The van der Waals surface area contributed by atoms with Crippen LogP contribution in [-0.4, -0.2) is 23.1 Å². The molecule has 5 nitrogen and oxygen atoms in total. The van der Waals surface area contributed by atoms with E-state index in [1.54, 1.807) is 24.3 Å². The molecular weight excluding hydrogens is 232 g/mol. The minimum Gasteiger partial charge on any atom is -0.465 e. The summed E-state index contributed by atoms with van der Waals surface area (Å²) in [6.45, 7) is 1.99. The largest absolute Gasteiger partial charge is 0.465 e. The first-order valence-electron chi connectivity index (χ1n) is 5.99. The summed E-state index contributed by atoms with van der Waals surface area (Å²) in [6.07, 6.45) is 1.03. The SMILES string of the molecule is CCCC[C@H](NC(=O)O)C(=O)Nc1ccccc1. The van der Waals surface area contributed by atoms with E-state index in [0.717, 1.165) is 12.8 Å². The van der Waals surface area contributed by atoms with E-state index in [1.165, 1.54) is 0 Å². The Balaban J connectivity index is 2.60. The average Bonchev–Trinajstić information content (AvgIpc) is 2.35. The van der Waals surface area contributed by atoms with Crippen LogP contribution in [0, 0.1) is 0 Å². The van der Waals surface area contributed by atoms with Crippen LogP contribution in [0.1, 0.15) is 26.2 Å². The Kier molecular flexibility index (Phi) is 5.70. The molecule has 0 spiro atoms. The number of amides is 2. The maximum Gasteiger partial charge on any atom is 0.405 e. The van der Waals surface area contributed by atoms with Crippen molar-refractivity contribution < 1.29 is 14.7 Å². The number of carbonyl (C=O) groups excluding carboxylic acids is 1. The molecule has 0 saturated carbocycles. The molecule has 0 radical (unpaired) electrons. The number of carboxylic acid groups (broad SMARTS) is 1. The summed E-state index contributed by atoms with van der Waals surface area (Å²) in [6, 6.07) is 8.27. The minimum absolute atomic E-state index is 0.322. The second-order valence-electron chi connectivity index (χ2n) is 4.00. The van der Waals surface area contributed by atoms with Crippen LogP contribution >= 0.6 is 0 Å². The fourth-order valence-electron chi connectivity index (χ4n) is 1.58. The number of para-hydroxylation sites is 1. The zero-order valence-corrected chi connectivity index (χ0v) is 10.3. The van der Waals surface area contributed by atoms with Gasteiger partial charge in [0.1, 0.15) is 6.04 Å². The van der Waals surface area contributed by atoms with E-state index in [-0.39, 0.29) is 5.91 Å². The molecule has 1 aromatic carbocycles. The zero-order valence-electron chi connectivity index (χ0n) is 10.3. The van der Waals surface area contributed by atoms with E-state index in [2.05, 4.69) is 10.6 Å². The molecule has 1 atom stereocenters. The molecule has 0 fully saturated rings. The minimum atomic E-state index is -1.18. The third kappa shape index (κ3) is 4.86. The van der Waals surface area contributed by atoms with E-state index < -0.39 is 12.1 Å². The van der Waals surface area contributed by atoms with Gasteiger partial charge in [-0.05, 0) is 18.6 Å². The monoisotopic (exact) mass is 250 g/mol. The summed E-state index contributed by atoms with van der Waals surface area (Å²) in [5, 5.41) is 13.6. The van der Waals surface area contributed by atoms with Crippen molar-refractivity contribution in [3.05, 3.63) is 30.3 Å². The van der Waals surface area contributed by atoms with Crippen molar-refractivity contribution in [2.24, 2.45) is 0 Å². The van der Waals surface area contributed by atoms with Crippen LogP contribution in [0.15, 0.2) is 30.3 Å². The van der Waals surface area contributed by atoms with Crippen LogP contribution in [-0.2, 0) is 4.79 Å². The summed E-state index contributed by atoms with van der Waals surface area (Å²) in [5.74, 6) is -0.322. The Morgan fingerprint density at radius 1 is 1.28 bits per heavy atom.